The van der Waals surface area contributed by atoms with E-state index in [-0.39, 0.29) is 60.7 Å². The van der Waals surface area contributed by atoms with Gasteiger partial charge in [-0.25, -0.2) is 13.8 Å². The summed E-state index contributed by atoms with van der Waals surface area (Å²) in [6.45, 7) is 0.943. The van der Waals surface area contributed by atoms with Crippen molar-refractivity contribution >= 4 is 55.2 Å². The minimum absolute atomic E-state index is 0.0364. The van der Waals surface area contributed by atoms with Gasteiger partial charge in [-0.1, -0.05) is 17.9 Å². The van der Waals surface area contributed by atoms with Crippen molar-refractivity contribution < 1.29 is 23.2 Å². The van der Waals surface area contributed by atoms with Gasteiger partial charge in [0.25, 0.3) is 5.56 Å². The number of imide groups is 1. The first kappa shape index (κ1) is 25.2. The number of amides is 3. The minimum atomic E-state index is -1.43. The first-order chi connectivity index (χ1) is 17.5. The Kier molecular flexibility index (Phi) is 6.45. The van der Waals surface area contributed by atoms with Crippen LogP contribution in [0.4, 0.5) is 8.78 Å². The molecule has 0 saturated carbocycles. The highest BCUT2D eigenvalue weighted by Gasteiger charge is 2.41. The van der Waals surface area contributed by atoms with Crippen molar-refractivity contribution in [1.82, 2.24) is 19.4 Å². The molecule has 3 amide bonds. The van der Waals surface area contributed by atoms with E-state index in [4.69, 9.17) is 0 Å². The van der Waals surface area contributed by atoms with Gasteiger partial charge in [-0.05, 0) is 40.5 Å². The molecule has 2 aliphatic rings. The van der Waals surface area contributed by atoms with Gasteiger partial charge in [0, 0.05) is 18.4 Å². The summed E-state index contributed by atoms with van der Waals surface area (Å²) in [6.07, 6.45) is 1.57. The number of alkyl halides is 1. The van der Waals surface area contributed by atoms with E-state index in [1.165, 1.54) is 36.4 Å². The fourth-order valence-electron chi connectivity index (χ4n) is 4.32. The maximum Gasteiger partial charge on any atom is 0.263 e. The van der Waals surface area contributed by atoms with Crippen molar-refractivity contribution in [2.45, 2.75) is 32.0 Å². The lowest BCUT2D eigenvalue weighted by Gasteiger charge is -2.42. The second kappa shape index (κ2) is 9.46. The number of nitrogens with zero attached hydrogens (tertiary/aromatic N) is 4. The van der Waals surface area contributed by atoms with E-state index in [1.54, 1.807) is 0 Å². The molecule has 190 valence electrons. The number of thiophene rings is 1. The largest absolute Gasteiger partial charge is 0.335 e. The Balaban J connectivity index is 1.56. The Hall–Kier alpha value is -3.43. The molecule has 0 aliphatic carbocycles. The Morgan fingerprint density at radius 2 is 1.92 bits per heavy atom. The molecule has 2 aromatic heterocycles. The Labute approximate surface area is 222 Å². The normalized spacial score (nSPS) is 16.6. The van der Waals surface area contributed by atoms with Crippen molar-refractivity contribution in [3.05, 3.63) is 50.0 Å². The number of carbonyl (C=O) groups excluding carboxylic acids is 3. The summed E-state index contributed by atoms with van der Waals surface area (Å²) in [4.78, 5) is 57.4. The Bertz CT molecular complexity index is 1580. The Morgan fingerprint density at radius 1 is 1.22 bits per heavy atom. The maximum absolute atomic E-state index is 14.0. The summed E-state index contributed by atoms with van der Waals surface area (Å²) in [7, 11) is 0. The van der Waals surface area contributed by atoms with Crippen molar-refractivity contribution in [3.8, 4) is 23.0 Å². The van der Waals surface area contributed by atoms with Gasteiger partial charge in [-0.2, -0.15) is 0 Å². The predicted molar refractivity (Wildman–Crippen MR) is 136 cm³/mol. The van der Waals surface area contributed by atoms with E-state index in [1.807, 2.05) is 0 Å². The zero-order valence-corrected chi connectivity index (χ0v) is 21.9. The molecule has 37 heavy (non-hydrogen) atoms. The van der Waals surface area contributed by atoms with Gasteiger partial charge in [0.05, 0.1) is 40.7 Å². The van der Waals surface area contributed by atoms with Crippen molar-refractivity contribution in [1.29, 1.82) is 0 Å². The van der Waals surface area contributed by atoms with Crippen LogP contribution in [0.25, 0.3) is 21.3 Å². The topological polar surface area (TPSA) is 92.6 Å². The Morgan fingerprint density at radius 3 is 2.57 bits per heavy atom. The van der Waals surface area contributed by atoms with Crippen LogP contribution < -0.4 is 5.56 Å². The van der Waals surface area contributed by atoms with Gasteiger partial charge >= 0.3 is 0 Å². The highest BCUT2D eigenvalue weighted by atomic mass is 79.9. The molecule has 3 aromatic rings. The third-order valence-corrected chi connectivity index (χ3v) is 7.80. The molecule has 2 saturated heterocycles. The number of carbonyl (C=O) groups is 3. The summed E-state index contributed by atoms with van der Waals surface area (Å²) in [5.74, 6) is 4.31. The molecule has 0 N–H and O–H groups in total. The first-order valence-corrected chi connectivity index (χ1v) is 12.9. The lowest BCUT2D eigenvalue weighted by atomic mass is 9.99. The van der Waals surface area contributed by atoms with Crippen molar-refractivity contribution in [2.75, 3.05) is 19.6 Å². The SMILES string of the molecule is CC1(F)CN(C(=O)Cn2cnc3sc(C#CCN4C(=O)CCC4=O)c(-c4ccc(F)c(Br)c4)c3c2=O)C1. The van der Waals surface area contributed by atoms with E-state index >= 15 is 0 Å². The quantitative estimate of drug-likeness (QED) is 0.345. The molecule has 0 bridgehead atoms. The third-order valence-electron chi connectivity index (χ3n) is 6.18. The average Bonchev–Trinajstić information content (AvgIpc) is 3.36. The van der Waals surface area contributed by atoms with Crippen LogP contribution in [0.1, 0.15) is 24.6 Å². The standard InChI is InChI=1S/C25H19BrF2N4O4S/c1-25(28)11-31(12-25)20(35)10-30-13-29-23-22(24(30)36)21(14-4-5-16(27)15(26)9-14)17(37-23)3-2-8-32-18(33)6-7-19(32)34/h4-5,9,13H,6-8,10-12H2,1H3. The molecule has 0 spiro atoms. The second-order valence-electron chi connectivity index (χ2n) is 9.13. The maximum atomic E-state index is 14.0. The fraction of sp³-hybridized carbons (Fsp3) is 0.320. The van der Waals surface area contributed by atoms with Gasteiger partial charge in [0.1, 0.15) is 22.9 Å². The number of halogens is 3. The van der Waals surface area contributed by atoms with Gasteiger partial charge in [0.15, 0.2) is 0 Å². The van der Waals surface area contributed by atoms with Crippen LogP contribution in [-0.4, -0.2) is 62.4 Å². The number of hydrogen-bond acceptors (Lipinski definition) is 6. The van der Waals surface area contributed by atoms with Crippen LogP contribution in [0.15, 0.2) is 33.8 Å². The van der Waals surface area contributed by atoms with Crippen LogP contribution in [-0.2, 0) is 20.9 Å². The van der Waals surface area contributed by atoms with Crippen LogP contribution in [0.3, 0.4) is 0 Å². The molecule has 0 atom stereocenters. The summed E-state index contributed by atoms with van der Waals surface area (Å²) < 4.78 is 29.1. The van der Waals surface area contributed by atoms with E-state index in [0.717, 1.165) is 20.8 Å². The summed E-state index contributed by atoms with van der Waals surface area (Å²) in [6, 6.07) is 4.27. The monoisotopic (exact) mass is 588 g/mol. The first-order valence-electron chi connectivity index (χ1n) is 11.3. The number of fused-ring (bicyclic) bond motifs is 1. The van der Waals surface area contributed by atoms with E-state index in [9.17, 15) is 28.0 Å². The molecular weight excluding hydrogens is 570 g/mol. The fourth-order valence-corrected chi connectivity index (χ4v) is 5.73. The van der Waals surface area contributed by atoms with Crippen molar-refractivity contribution in [2.24, 2.45) is 0 Å². The molecule has 2 fully saturated rings. The van der Waals surface area contributed by atoms with Crippen molar-refractivity contribution in [3.63, 3.8) is 0 Å². The third kappa shape index (κ3) is 4.81. The van der Waals surface area contributed by atoms with E-state index in [0.29, 0.717) is 20.8 Å². The van der Waals surface area contributed by atoms with Crippen LogP contribution >= 0.6 is 27.3 Å². The molecule has 0 radical (unpaired) electrons. The zero-order valence-electron chi connectivity index (χ0n) is 19.5. The molecular formula is C25H19BrF2N4O4S. The number of benzene rings is 1. The van der Waals surface area contributed by atoms with Gasteiger partial charge in [-0.3, -0.25) is 28.6 Å². The number of likely N-dealkylation sites (tertiary alicyclic amines) is 2. The highest BCUT2D eigenvalue weighted by molar-refractivity contribution is 9.10. The molecule has 1 aromatic carbocycles. The van der Waals surface area contributed by atoms with Crippen LogP contribution in [0, 0.1) is 17.7 Å². The highest BCUT2D eigenvalue weighted by Crippen LogP contribution is 2.37. The molecule has 5 rings (SSSR count). The summed E-state index contributed by atoms with van der Waals surface area (Å²) >= 11 is 4.30. The summed E-state index contributed by atoms with van der Waals surface area (Å²) in [5, 5.41) is 0.204. The van der Waals surface area contributed by atoms with E-state index in [2.05, 4.69) is 32.8 Å². The number of aromatic nitrogens is 2. The summed E-state index contributed by atoms with van der Waals surface area (Å²) in [5.41, 5.74) is -1.02. The second-order valence-corrected chi connectivity index (χ2v) is 11.0. The molecule has 2 aliphatic heterocycles. The smallest absolute Gasteiger partial charge is 0.263 e. The van der Waals surface area contributed by atoms with E-state index < -0.39 is 23.0 Å². The lowest BCUT2D eigenvalue weighted by Crippen LogP contribution is -2.60. The van der Waals surface area contributed by atoms with Gasteiger partial charge in [0.2, 0.25) is 17.7 Å². The average molecular weight is 589 g/mol. The minimum Gasteiger partial charge on any atom is -0.335 e. The zero-order chi connectivity index (χ0) is 26.5. The van der Waals surface area contributed by atoms with Gasteiger partial charge in [-0.15, -0.1) is 11.3 Å². The number of rotatable bonds is 4. The molecule has 0 unspecified atom stereocenters. The lowest BCUT2D eigenvalue weighted by molar-refractivity contribution is -0.144. The van der Waals surface area contributed by atoms with Crippen LogP contribution in [0.2, 0.25) is 0 Å². The molecule has 4 heterocycles. The molecule has 8 nitrogen and oxygen atoms in total. The molecule has 12 heteroatoms. The van der Waals surface area contributed by atoms with Gasteiger partial charge < -0.3 is 4.90 Å². The van der Waals surface area contributed by atoms with Crippen LogP contribution in [0.5, 0.6) is 0 Å². The predicted octanol–water partition coefficient (Wildman–Crippen LogP) is 3.10. The number of hydrogen-bond donors (Lipinski definition) is 0.